The highest BCUT2D eigenvalue weighted by molar-refractivity contribution is 5.81. The summed E-state index contributed by atoms with van der Waals surface area (Å²) >= 11 is 0. The van der Waals surface area contributed by atoms with E-state index in [1.807, 2.05) is 32.0 Å². The van der Waals surface area contributed by atoms with Crippen molar-refractivity contribution in [1.29, 1.82) is 5.26 Å². The highest BCUT2D eigenvalue weighted by Gasteiger charge is 2.30. The second-order valence-electron chi connectivity index (χ2n) is 8.01. The number of piperidine rings is 1. The van der Waals surface area contributed by atoms with Gasteiger partial charge in [0.15, 0.2) is 6.10 Å². The van der Waals surface area contributed by atoms with Crippen LogP contribution in [0.1, 0.15) is 41.6 Å². The van der Waals surface area contributed by atoms with E-state index in [0.29, 0.717) is 12.1 Å². The van der Waals surface area contributed by atoms with Crippen LogP contribution in [-0.4, -0.2) is 51.4 Å². The molecule has 1 saturated heterocycles. The van der Waals surface area contributed by atoms with Crippen LogP contribution in [0.15, 0.2) is 24.4 Å². The third-order valence-electron chi connectivity index (χ3n) is 5.88. The van der Waals surface area contributed by atoms with Crippen LogP contribution in [0, 0.1) is 31.1 Å². The maximum absolute atomic E-state index is 12.3. The number of hydrogen-bond acceptors (Lipinski definition) is 6. The van der Waals surface area contributed by atoms with Crippen molar-refractivity contribution in [3.8, 4) is 6.07 Å². The van der Waals surface area contributed by atoms with Crippen LogP contribution in [0.2, 0.25) is 0 Å². The number of rotatable bonds is 6. The number of nitrogens with zero attached hydrogens (tertiary/aromatic N) is 4. The Morgan fingerprint density at radius 3 is 2.63 bits per heavy atom. The Morgan fingerprint density at radius 1 is 1.33 bits per heavy atom. The van der Waals surface area contributed by atoms with Crippen molar-refractivity contribution < 1.29 is 15.0 Å². The Labute approximate surface area is 176 Å². The van der Waals surface area contributed by atoms with Crippen LogP contribution in [0.3, 0.4) is 0 Å². The first kappa shape index (κ1) is 21.8. The van der Waals surface area contributed by atoms with Crippen molar-refractivity contribution in [1.82, 2.24) is 14.9 Å². The molecule has 0 bridgehead atoms. The predicted molar refractivity (Wildman–Crippen MR) is 113 cm³/mol. The molecule has 1 aromatic heterocycles. The molecule has 3 N–H and O–H groups in total. The van der Waals surface area contributed by atoms with Crippen LogP contribution < -0.4 is 10.2 Å². The van der Waals surface area contributed by atoms with Gasteiger partial charge in [0.1, 0.15) is 18.0 Å². The molecular weight excluding hydrogens is 382 g/mol. The average molecular weight is 412 g/mol. The summed E-state index contributed by atoms with van der Waals surface area (Å²) in [6.45, 7) is 5.85. The van der Waals surface area contributed by atoms with Crippen LogP contribution in [-0.2, 0) is 11.8 Å². The SMILES string of the molecule is Cc1ccc(N2CCC(CNC(=O)[C@H](O)[C@@H](O)c3ncc(C)n3C)CC2)c(C#N)c1. The minimum atomic E-state index is -1.57. The van der Waals surface area contributed by atoms with Crippen molar-refractivity contribution in [2.24, 2.45) is 13.0 Å². The Balaban J connectivity index is 1.50. The van der Waals surface area contributed by atoms with Crippen LogP contribution >= 0.6 is 0 Å². The summed E-state index contributed by atoms with van der Waals surface area (Å²) in [5.74, 6) is -0.0633. The molecule has 0 spiro atoms. The topological polar surface area (TPSA) is 114 Å². The number of imidazole rings is 1. The molecular formula is C22H29N5O3. The molecule has 2 aromatic rings. The maximum Gasteiger partial charge on any atom is 0.252 e. The molecule has 1 aliphatic heterocycles. The first-order chi connectivity index (χ1) is 14.3. The van der Waals surface area contributed by atoms with E-state index in [1.54, 1.807) is 17.8 Å². The summed E-state index contributed by atoms with van der Waals surface area (Å²) in [6, 6.07) is 8.18. The Hall–Kier alpha value is -2.89. The fourth-order valence-electron chi connectivity index (χ4n) is 3.82. The highest BCUT2D eigenvalue weighted by Crippen LogP contribution is 2.27. The molecule has 1 aromatic carbocycles. The normalized spacial score (nSPS) is 16.7. The fraction of sp³-hybridized carbons (Fsp3) is 0.500. The van der Waals surface area contributed by atoms with Gasteiger partial charge in [0.25, 0.3) is 5.91 Å². The lowest BCUT2D eigenvalue weighted by atomic mass is 9.95. The number of aliphatic hydroxyl groups is 2. The van der Waals surface area contributed by atoms with Gasteiger partial charge >= 0.3 is 0 Å². The number of aliphatic hydroxyl groups excluding tert-OH is 2. The quantitative estimate of drug-likeness (QED) is 0.661. The molecule has 3 rings (SSSR count). The number of aryl methyl sites for hydroxylation is 2. The number of nitrogens with one attached hydrogen (secondary N) is 1. The van der Waals surface area contributed by atoms with Gasteiger partial charge in [-0.1, -0.05) is 6.07 Å². The molecule has 2 heterocycles. The molecule has 30 heavy (non-hydrogen) atoms. The largest absolute Gasteiger partial charge is 0.382 e. The zero-order valence-corrected chi connectivity index (χ0v) is 17.7. The minimum absolute atomic E-state index is 0.259. The van der Waals surface area contributed by atoms with Gasteiger partial charge in [-0.2, -0.15) is 5.26 Å². The minimum Gasteiger partial charge on any atom is -0.382 e. The lowest BCUT2D eigenvalue weighted by Gasteiger charge is -2.34. The molecule has 2 atom stereocenters. The molecule has 0 aliphatic carbocycles. The van der Waals surface area contributed by atoms with Crippen LogP contribution in [0.5, 0.6) is 0 Å². The van der Waals surface area contributed by atoms with E-state index in [1.165, 1.54) is 0 Å². The molecule has 0 unspecified atom stereocenters. The van der Waals surface area contributed by atoms with E-state index in [0.717, 1.165) is 42.9 Å². The molecule has 8 nitrogen and oxygen atoms in total. The molecule has 1 fully saturated rings. The number of aromatic nitrogens is 2. The van der Waals surface area contributed by atoms with Gasteiger partial charge in [0.2, 0.25) is 0 Å². The molecule has 1 amide bonds. The summed E-state index contributed by atoms with van der Waals surface area (Å²) in [4.78, 5) is 18.6. The van der Waals surface area contributed by atoms with E-state index in [9.17, 15) is 20.3 Å². The van der Waals surface area contributed by atoms with E-state index >= 15 is 0 Å². The van der Waals surface area contributed by atoms with E-state index < -0.39 is 18.1 Å². The molecule has 1 aliphatic rings. The average Bonchev–Trinajstić information content (AvgIpc) is 3.09. The molecule has 0 radical (unpaired) electrons. The third kappa shape index (κ3) is 4.64. The zero-order valence-electron chi connectivity index (χ0n) is 17.7. The lowest BCUT2D eigenvalue weighted by Crippen LogP contribution is -2.43. The Kier molecular flexibility index (Phi) is 6.75. The van der Waals surface area contributed by atoms with Crippen molar-refractivity contribution in [3.05, 3.63) is 47.0 Å². The first-order valence-corrected chi connectivity index (χ1v) is 10.2. The van der Waals surface area contributed by atoms with E-state index in [2.05, 4.69) is 21.3 Å². The first-order valence-electron chi connectivity index (χ1n) is 10.2. The number of amides is 1. The van der Waals surface area contributed by atoms with E-state index in [-0.39, 0.29) is 11.7 Å². The second-order valence-corrected chi connectivity index (χ2v) is 8.01. The van der Waals surface area contributed by atoms with Crippen LogP contribution in [0.4, 0.5) is 5.69 Å². The predicted octanol–water partition coefficient (Wildman–Crippen LogP) is 1.34. The highest BCUT2D eigenvalue weighted by atomic mass is 16.3. The maximum atomic E-state index is 12.3. The summed E-state index contributed by atoms with van der Waals surface area (Å²) in [7, 11) is 1.73. The van der Waals surface area contributed by atoms with Gasteiger partial charge in [0.05, 0.1) is 11.3 Å². The lowest BCUT2D eigenvalue weighted by molar-refractivity contribution is -0.136. The number of carbonyl (C=O) groups is 1. The monoisotopic (exact) mass is 411 g/mol. The van der Waals surface area contributed by atoms with Gasteiger partial charge in [-0.25, -0.2) is 4.98 Å². The standard InChI is InChI=1S/C22H29N5O3/c1-14-4-5-18(17(10-14)11-23)27-8-6-16(7-9-27)13-25-22(30)20(29)19(28)21-24-12-15(2)26(21)3/h4-5,10,12,16,19-20,28-29H,6-9,13H2,1-3H3,(H,25,30)/t19-,20-/m1/s1. The van der Waals surface area contributed by atoms with Crippen molar-refractivity contribution in [2.75, 3.05) is 24.5 Å². The number of hydrogen-bond donors (Lipinski definition) is 3. The molecule has 160 valence electrons. The van der Waals surface area contributed by atoms with Gasteiger partial charge in [0, 0.05) is 38.6 Å². The summed E-state index contributed by atoms with van der Waals surface area (Å²) in [5.41, 5.74) is 3.53. The summed E-state index contributed by atoms with van der Waals surface area (Å²) in [6.07, 6.45) is 0.377. The zero-order chi connectivity index (χ0) is 21.8. The smallest absolute Gasteiger partial charge is 0.252 e. The summed E-state index contributed by atoms with van der Waals surface area (Å²) < 4.78 is 1.65. The fourth-order valence-corrected chi connectivity index (χ4v) is 3.82. The van der Waals surface area contributed by atoms with Gasteiger partial charge < -0.3 is 25.0 Å². The number of nitriles is 1. The van der Waals surface area contributed by atoms with Gasteiger partial charge in [-0.15, -0.1) is 0 Å². The van der Waals surface area contributed by atoms with Crippen LogP contribution in [0.25, 0.3) is 0 Å². The van der Waals surface area contributed by atoms with E-state index in [4.69, 9.17) is 0 Å². The van der Waals surface area contributed by atoms with Crippen molar-refractivity contribution >= 4 is 11.6 Å². The number of carbonyl (C=O) groups excluding carboxylic acids is 1. The van der Waals surface area contributed by atoms with Crippen molar-refractivity contribution in [2.45, 2.75) is 38.9 Å². The van der Waals surface area contributed by atoms with Crippen molar-refractivity contribution in [3.63, 3.8) is 0 Å². The van der Waals surface area contributed by atoms with Gasteiger partial charge in [-0.05, 0) is 50.3 Å². The number of anilines is 1. The Morgan fingerprint density at radius 2 is 2.03 bits per heavy atom. The number of benzene rings is 1. The Bertz CT molecular complexity index is 941. The third-order valence-corrected chi connectivity index (χ3v) is 5.88. The summed E-state index contributed by atoms with van der Waals surface area (Å²) in [5, 5.41) is 32.7. The second kappa shape index (κ2) is 9.28. The molecule has 0 saturated carbocycles. The molecule has 8 heteroatoms. The van der Waals surface area contributed by atoms with Gasteiger partial charge in [-0.3, -0.25) is 4.79 Å².